The van der Waals surface area contributed by atoms with Gasteiger partial charge in [-0.05, 0) is 35.0 Å². The molecule has 1 heterocycles. The molecule has 0 atom stereocenters. The average Bonchev–Trinajstić information content (AvgIpc) is 2.49. The average molecular weight is 260 g/mol. The summed E-state index contributed by atoms with van der Waals surface area (Å²) >= 11 is 0. The van der Waals surface area contributed by atoms with E-state index < -0.39 is 0 Å². The lowest BCUT2D eigenvalue weighted by Gasteiger charge is -2.08. The molecule has 3 N–H and O–H groups in total. The van der Waals surface area contributed by atoms with E-state index in [9.17, 15) is 0 Å². The number of nitrogens with two attached hydrogens (primary N) is 1. The van der Waals surface area contributed by atoms with Crippen LogP contribution in [0.1, 0.15) is 5.69 Å². The van der Waals surface area contributed by atoms with Gasteiger partial charge in [-0.25, -0.2) is 4.98 Å². The summed E-state index contributed by atoms with van der Waals surface area (Å²) in [6.07, 6.45) is 0. The Morgan fingerprint density at radius 1 is 1.00 bits per heavy atom. The molecule has 2 aromatic carbocycles. The van der Waals surface area contributed by atoms with Crippen molar-refractivity contribution in [1.82, 2.24) is 4.98 Å². The monoisotopic (exact) mass is 260 g/mol. The van der Waals surface area contributed by atoms with Crippen molar-refractivity contribution in [3.8, 4) is 6.07 Å². The summed E-state index contributed by atoms with van der Waals surface area (Å²) in [5.74, 6) is 0.603. The third-order valence-electron chi connectivity index (χ3n) is 3.05. The number of hydrogen-bond donors (Lipinski definition) is 2. The Balaban J connectivity index is 1.95. The molecule has 0 saturated heterocycles. The zero-order chi connectivity index (χ0) is 13.9. The van der Waals surface area contributed by atoms with Crippen LogP contribution in [0.4, 0.5) is 17.2 Å². The Labute approximate surface area is 116 Å². The van der Waals surface area contributed by atoms with E-state index in [4.69, 9.17) is 11.0 Å². The molecule has 1 aromatic heterocycles. The van der Waals surface area contributed by atoms with Crippen LogP contribution in [0.15, 0.2) is 54.6 Å². The van der Waals surface area contributed by atoms with Crippen molar-refractivity contribution in [2.24, 2.45) is 0 Å². The number of aromatic nitrogens is 1. The van der Waals surface area contributed by atoms with Crippen LogP contribution in [0, 0.1) is 11.3 Å². The molecule has 0 aliphatic rings. The maximum absolute atomic E-state index is 8.93. The summed E-state index contributed by atoms with van der Waals surface area (Å²) in [6, 6.07) is 19.6. The van der Waals surface area contributed by atoms with Gasteiger partial charge in [0.15, 0.2) is 5.69 Å². The van der Waals surface area contributed by atoms with E-state index in [2.05, 4.69) is 22.4 Å². The van der Waals surface area contributed by atoms with Crippen LogP contribution in [-0.4, -0.2) is 4.98 Å². The lowest BCUT2D eigenvalue weighted by molar-refractivity contribution is 1.26. The zero-order valence-electron chi connectivity index (χ0n) is 10.7. The second-order valence-corrected chi connectivity index (χ2v) is 4.43. The number of rotatable bonds is 2. The first-order valence-electron chi connectivity index (χ1n) is 6.19. The van der Waals surface area contributed by atoms with Gasteiger partial charge in [0.25, 0.3) is 0 Å². The summed E-state index contributed by atoms with van der Waals surface area (Å²) < 4.78 is 0. The van der Waals surface area contributed by atoms with Gasteiger partial charge in [-0.3, -0.25) is 0 Å². The summed E-state index contributed by atoms with van der Waals surface area (Å²) in [5, 5.41) is 14.4. The van der Waals surface area contributed by atoms with Gasteiger partial charge in [-0.2, -0.15) is 5.26 Å². The number of nitrogens with one attached hydrogen (secondary N) is 1. The number of nitriles is 1. The molecule has 0 amide bonds. The second kappa shape index (κ2) is 4.90. The number of anilines is 3. The Morgan fingerprint density at radius 2 is 1.80 bits per heavy atom. The molecule has 20 heavy (non-hydrogen) atoms. The molecule has 0 fully saturated rings. The lowest BCUT2D eigenvalue weighted by Crippen LogP contribution is -1.98. The fourth-order valence-corrected chi connectivity index (χ4v) is 2.04. The van der Waals surface area contributed by atoms with Crippen LogP contribution >= 0.6 is 0 Å². The number of nitrogen functional groups attached to an aromatic ring is 1. The predicted octanol–water partition coefficient (Wildman–Crippen LogP) is 3.43. The molecule has 4 heteroatoms. The quantitative estimate of drug-likeness (QED) is 0.740. The molecule has 0 bridgehead atoms. The Bertz CT molecular complexity index is 818. The number of fused-ring (bicyclic) bond motifs is 1. The van der Waals surface area contributed by atoms with E-state index in [0.29, 0.717) is 11.5 Å². The van der Waals surface area contributed by atoms with Crippen molar-refractivity contribution in [2.75, 3.05) is 11.1 Å². The van der Waals surface area contributed by atoms with Crippen molar-refractivity contribution in [2.45, 2.75) is 0 Å². The Morgan fingerprint density at radius 3 is 2.60 bits per heavy atom. The number of nitrogens with zero attached hydrogens (tertiary/aromatic N) is 2. The van der Waals surface area contributed by atoms with Crippen molar-refractivity contribution in [3.63, 3.8) is 0 Å². The van der Waals surface area contributed by atoms with E-state index in [1.165, 1.54) is 5.39 Å². The van der Waals surface area contributed by atoms with Crippen LogP contribution in [0.3, 0.4) is 0 Å². The van der Waals surface area contributed by atoms with Gasteiger partial charge in [0.2, 0.25) is 0 Å². The molecule has 96 valence electrons. The molecular formula is C16H12N4. The van der Waals surface area contributed by atoms with E-state index in [-0.39, 0.29) is 5.69 Å². The molecule has 0 saturated carbocycles. The Kier molecular flexibility index (Phi) is 2.94. The molecule has 3 aromatic rings. The minimum absolute atomic E-state index is 0.232. The number of benzene rings is 2. The Hall–Kier alpha value is -3.06. The molecule has 0 aliphatic carbocycles. The van der Waals surface area contributed by atoms with E-state index >= 15 is 0 Å². The van der Waals surface area contributed by atoms with Crippen LogP contribution < -0.4 is 11.1 Å². The molecule has 0 radical (unpaired) electrons. The van der Waals surface area contributed by atoms with Crippen molar-refractivity contribution < 1.29 is 0 Å². The van der Waals surface area contributed by atoms with E-state index in [0.717, 1.165) is 11.1 Å². The zero-order valence-corrected chi connectivity index (χ0v) is 10.7. The molecule has 0 aliphatic heterocycles. The van der Waals surface area contributed by atoms with Crippen LogP contribution in [-0.2, 0) is 0 Å². The summed E-state index contributed by atoms with van der Waals surface area (Å²) in [7, 11) is 0. The van der Waals surface area contributed by atoms with Gasteiger partial charge in [0.1, 0.15) is 11.9 Å². The van der Waals surface area contributed by atoms with Gasteiger partial charge in [0, 0.05) is 5.69 Å². The number of hydrogen-bond acceptors (Lipinski definition) is 4. The van der Waals surface area contributed by atoms with Gasteiger partial charge < -0.3 is 11.1 Å². The smallest absolute Gasteiger partial charge is 0.165 e. The first-order valence-corrected chi connectivity index (χ1v) is 6.19. The molecular weight excluding hydrogens is 248 g/mol. The maximum Gasteiger partial charge on any atom is 0.165 e. The summed E-state index contributed by atoms with van der Waals surface area (Å²) in [4.78, 5) is 4.17. The largest absolute Gasteiger partial charge is 0.396 e. The van der Waals surface area contributed by atoms with Crippen LogP contribution in [0.5, 0.6) is 0 Å². The summed E-state index contributed by atoms with van der Waals surface area (Å²) in [5.41, 5.74) is 7.19. The highest BCUT2D eigenvalue weighted by Gasteiger charge is 2.03. The van der Waals surface area contributed by atoms with Crippen molar-refractivity contribution in [1.29, 1.82) is 5.26 Å². The standard InChI is InChI=1S/C16H12N4/c17-10-15-14(18)7-8-16(20-15)19-13-6-5-11-3-1-2-4-12(11)9-13/h1-9H,18H2,(H,19,20). The van der Waals surface area contributed by atoms with E-state index in [1.54, 1.807) is 12.1 Å². The maximum atomic E-state index is 8.93. The topological polar surface area (TPSA) is 74.7 Å². The molecule has 0 unspecified atom stereocenters. The number of pyridine rings is 1. The van der Waals surface area contributed by atoms with Crippen molar-refractivity contribution in [3.05, 3.63) is 60.3 Å². The molecule has 3 rings (SSSR count). The van der Waals surface area contributed by atoms with Gasteiger partial charge in [0.05, 0.1) is 5.69 Å². The third kappa shape index (κ3) is 2.25. The van der Waals surface area contributed by atoms with Crippen LogP contribution in [0.2, 0.25) is 0 Å². The first kappa shape index (κ1) is 12.0. The third-order valence-corrected chi connectivity index (χ3v) is 3.05. The predicted molar refractivity (Wildman–Crippen MR) is 80.6 cm³/mol. The minimum Gasteiger partial charge on any atom is -0.396 e. The second-order valence-electron chi connectivity index (χ2n) is 4.43. The first-order chi connectivity index (χ1) is 9.76. The molecule has 0 spiro atoms. The van der Waals surface area contributed by atoms with Crippen molar-refractivity contribution >= 4 is 28.0 Å². The SMILES string of the molecule is N#Cc1nc(Nc2ccc3ccccc3c2)ccc1N. The van der Waals surface area contributed by atoms with Gasteiger partial charge in [-0.1, -0.05) is 30.3 Å². The fraction of sp³-hybridized carbons (Fsp3) is 0. The minimum atomic E-state index is 0.232. The fourth-order valence-electron chi connectivity index (χ4n) is 2.04. The van der Waals surface area contributed by atoms with Crippen LogP contribution in [0.25, 0.3) is 10.8 Å². The van der Waals surface area contributed by atoms with E-state index in [1.807, 2.05) is 36.4 Å². The highest BCUT2D eigenvalue weighted by molar-refractivity contribution is 5.86. The lowest BCUT2D eigenvalue weighted by atomic mass is 10.1. The summed E-state index contributed by atoms with van der Waals surface area (Å²) in [6.45, 7) is 0. The molecule has 4 nitrogen and oxygen atoms in total. The van der Waals surface area contributed by atoms with Gasteiger partial charge >= 0.3 is 0 Å². The highest BCUT2D eigenvalue weighted by atomic mass is 15.0. The van der Waals surface area contributed by atoms with Gasteiger partial charge in [-0.15, -0.1) is 0 Å². The highest BCUT2D eigenvalue weighted by Crippen LogP contribution is 2.22. The normalized spacial score (nSPS) is 10.2.